The van der Waals surface area contributed by atoms with Crippen LogP contribution >= 0.6 is 0 Å². The van der Waals surface area contributed by atoms with Gasteiger partial charge in [0.2, 0.25) is 11.8 Å². The average molecular weight is 417 g/mol. The Hall–Kier alpha value is -2.45. The fourth-order valence-electron chi connectivity index (χ4n) is 3.65. The van der Waals surface area contributed by atoms with Crippen molar-refractivity contribution in [3.63, 3.8) is 0 Å². The third-order valence-corrected chi connectivity index (χ3v) is 5.63. The maximum absolute atomic E-state index is 13.1. The molecule has 1 aromatic carbocycles. The number of carbonyl (C=O) groups is 3. The fraction of sp³-hybridized carbons (Fsp3) is 0.591. The summed E-state index contributed by atoms with van der Waals surface area (Å²) in [5, 5.41) is 2.89. The van der Waals surface area contributed by atoms with Crippen molar-refractivity contribution in [2.24, 2.45) is 5.92 Å². The van der Waals surface area contributed by atoms with Crippen LogP contribution in [0.2, 0.25) is 0 Å². The van der Waals surface area contributed by atoms with Crippen molar-refractivity contribution in [3.05, 3.63) is 29.8 Å². The lowest BCUT2D eigenvalue weighted by atomic mass is 10.1. The number of nitrogens with zero attached hydrogens (tertiary/aromatic N) is 3. The quantitative estimate of drug-likeness (QED) is 0.607. The van der Waals surface area contributed by atoms with Gasteiger partial charge in [0, 0.05) is 59.4 Å². The van der Waals surface area contributed by atoms with E-state index >= 15 is 0 Å². The minimum atomic E-state index is -0.0651. The number of methoxy groups -OCH3 is 1. The van der Waals surface area contributed by atoms with Gasteiger partial charge in [-0.05, 0) is 31.4 Å². The number of anilines is 1. The Labute approximate surface area is 178 Å². The molecule has 8 nitrogen and oxygen atoms in total. The van der Waals surface area contributed by atoms with Crippen LogP contribution in [-0.4, -0.2) is 87.6 Å². The van der Waals surface area contributed by atoms with Crippen LogP contribution in [0.3, 0.4) is 0 Å². The van der Waals surface area contributed by atoms with E-state index in [1.807, 2.05) is 18.2 Å². The minimum Gasteiger partial charge on any atom is -0.385 e. The molecule has 1 aliphatic carbocycles. The number of hydrogen-bond donors (Lipinski definition) is 1. The molecule has 1 heterocycles. The summed E-state index contributed by atoms with van der Waals surface area (Å²) in [6.07, 6.45) is 2.66. The monoisotopic (exact) mass is 416 g/mol. The zero-order valence-electron chi connectivity index (χ0n) is 17.9. The van der Waals surface area contributed by atoms with Gasteiger partial charge in [0.1, 0.15) is 0 Å². The molecule has 0 atom stereocenters. The number of para-hydroxylation sites is 1. The number of piperazine rings is 1. The summed E-state index contributed by atoms with van der Waals surface area (Å²) in [6.45, 7) is 3.99. The summed E-state index contributed by atoms with van der Waals surface area (Å²) in [4.78, 5) is 43.1. The summed E-state index contributed by atoms with van der Waals surface area (Å²) < 4.78 is 4.97. The largest absolute Gasteiger partial charge is 0.385 e. The van der Waals surface area contributed by atoms with Crippen molar-refractivity contribution < 1.29 is 19.1 Å². The van der Waals surface area contributed by atoms with E-state index in [9.17, 15) is 14.4 Å². The number of rotatable bonds is 9. The van der Waals surface area contributed by atoms with Crippen molar-refractivity contribution in [1.82, 2.24) is 15.1 Å². The molecule has 3 rings (SSSR count). The Morgan fingerprint density at radius 1 is 1.13 bits per heavy atom. The maximum atomic E-state index is 13.1. The third-order valence-electron chi connectivity index (χ3n) is 5.63. The highest BCUT2D eigenvalue weighted by Crippen LogP contribution is 2.33. The SMILES string of the molecule is COCCCNC(=O)CN1CCN(C(=O)c2ccccc2N(C)C(=O)C2CC2)CC1. The number of carbonyl (C=O) groups excluding carboxylic acids is 3. The lowest BCUT2D eigenvalue weighted by Gasteiger charge is -2.35. The van der Waals surface area contributed by atoms with Crippen LogP contribution in [0, 0.1) is 5.92 Å². The highest BCUT2D eigenvalue weighted by Gasteiger charge is 2.34. The van der Waals surface area contributed by atoms with Crippen LogP contribution in [-0.2, 0) is 14.3 Å². The second kappa shape index (κ2) is 10.5. The molecule has 2 fully saturated rings. The molecule has 30 heavy (non-hydrogen) atoms. The van der Waals surface area contributed by atoms with Crippen LogP contribution in [0.15, 0.2) is 24.3 Å². The first-order chi connectivity index (χ1) is 14.5. The molecule has 164 valence electrons. The second-order valence-electron chi connectivity index (χ2n) is 7.95. The molecule has 8 heteroatoms. The first-order valence-electron chi connectivity index (χ1n) is 10.6. The van der Waals surface area contributed by atoms with Crippen LogP contribution in [0.1, 0.15) is 29.6 Å². The van der Waals surface area contributed by atoms with Crippen LogP contribution < -0.4 is 10.2 Å². The normalized spacial score (nSPS) is 16.9. The zero-order chi connectivity index (χ0) is 21.5. The van der Waals surface area contributed by atoms with Crippen molar-refractivity contribution in [2.75, 3.05) is 64.9 Å². The Bertz CT molecular complexity index is 757. The molecule has 0 unspecified atom stereocenters. The van der Waals surface area contributed by atoms with Gasteiger partial charge in [-0.25, -0.2) is 0 Å². The smallest absolute Gasteiger partial charge is 0.256 e. The highest BCUT2D eigenvalue weighted by molar-refractivity contribution is 6.05. The number of ether oxygens (including phenoxy) is 1. The molecule has 1 aromatic rings. The number of benzene rings is 1. The van der Waals surface area contributed by atoms with E-state index in [4.69, 9.17) is 4.74 Å². The Morgan fingerprint density at radius 2 is 1.83 bits per heavy atom. The van der Waals surface area contributed by atoms with E-state index in [0.717, 1.165) is 19.3 Å². The van der Waals surface area contributed by atoms with Gasteiger partial charge in [-0.1, -0.05) is 12.1 Å². The standard InChI is InChI=1S/C22H32N4O4/c1-24(21(28)17-8-9-17)19-7-4-3-6-18(19)22(29)26-13-11-25(12-14-26)16-20(27)23-10-5-15-30-2/h3-4,6-7,17H,5,8-16H2,1-2H3,(H,23,27). The van der Waals surface area contributed by atoms with Gasteiger partial charge in [0.25, 0.3) is 5.91 Å². The average Bonchev–Trinajstić information content (AvgIpc) is 3.61. The van der Waals surface area contributed by atoms with Gasteiger partial charge in [-0.15, -0.1) is 0 Å². The van der Waals surface area contributed by atoms with Crippen molar-refractivity contribution >= 4 is 23.4 Å². The summed E-state index contributed by atoms with van der Waals surface area (Å²) >= 11 is 0. The molecule has 2 aliphatic rings. The molecular weight excluding hydrogens is 384 g/mol. The predicted molar refractivity (Wildman–Crippen MR) is 114 cm³/mol. The van der Waals surface area contributed by atoms with Gasteiger partial charge >= 0.3 is 0 Å². The summed E-state index contributed by atoms with van der Waals surface area (Å²) in [7, 11) is 3.39. The van der Waals surface area contributed by atoms with E-state index < -0.39 is 0 Å². The Balaban J connectivity index is 1.52. The molecule has 3 amide bonds. The molecule has 0 bridgehead atoms. The minimum absolute atomic E-state index is 0.00330. The van der Waals surface area contributed by atoms with Gasteiger partial charge in [0.05, 0.1) is 17.8 Å². The van der Waals surface area contributed by atoms with Crippen LogP contribution in [0.5, 0.6) is 0 Å². The van der Waals surface area contributed by atoms with Crippen molar-refractivity contribution in [2.45, 2.75) is 19.3 Å². The van der Waals surface area contributed by atoms with Crippen molar-refractivity contribution in [1.29, 1.82) is 0 Å². The van der Waals surface area contributed by atoms with Crippen LogP contribution in [0.4, 0.5) is 5.69 Å². The zero-order valence-corrected chi connectivity index (χ0v) is 17.9. The molecule has 1 aliphatic heterocycles. The first-order valence-corrected chi connectivity index (χ1v) is 10.6. The molecular formula is C22H32N4O4. The lowest BCUT2D eigenvalue weighted by molar-refractivity contribution is -0.122. The Kier molecular flexibility index (Phi) is 7.81. The molecule has 0 radical (unpaired) electrons. The van der Waals surface area contributed by atoms with E-state index in [2.05, 4.69) is 10.2 Å². The van der Waals surface area contributed by atoms with Gasteiger partial charge in [-0.3, -0.25) is 19.3 Å². The van der Waals surface area contributed by atoms with Crippen LogP contribution in [0.25, 0.3) is 0 Å². The third kappa shape index (κ3) is 5.79. The molecule has 1 saturated heterocycles. The molecule has 0 spiro atoms. The van der Waals surface area contributed by atoms with Crippen molar-refractivity contribution in [3.8, 4) is 0 Å². The summed E-state index contributed by atoms with van der Waals surface area (Å²) in [5.74, 6) is 0.111. The molecule has 0 aromatic heterocycles. The summed E-state index contributed by atoms with van der Waals surface area (Å²) in [5.41, 5.74) is 1.22. The van der Waals surface area contributed by atoms with E-state index in [-0.39, 0.29) is 23.6 Å². The molecule has 1 N–H and O–H groups in total. The lowest BCUT2D eigenvalue weighted by Crippen LogP contribution is -2.51. The second-order valence-corrected chi connectivity index (χ2v) is 7.95. The van der Waals surface area contributed by atoms with E-state index in [1.54, 1.807) is 30.0 Å². The fourth-order valence-corrected chi connectivity index (χ4v) is 3.65. The Morgan fingerprint density at radius 3 is 2.50 bits per heavy atom. The first kappa shape index (κ1) is 22.2. The van der Waals surface area contributed by atoms with Gasteiger partial charge in [-0.2, -0.15) is 0 Å². The number of nitrogens with one attached hydrogen (secondary N) is 1. The van der Waals surface area contributed by atoms with E-state index in [0.29, 0.717) is 57.1 Å². The highest BCUT2D eigenvalue weighted by atomic mass is 16.5. The summed E-state index contributed by atoms with van der Waals surface area (Å²) in [6, 6.07) is 7.30. The van der Waals surface area contributed by atoms with E-state index in [1.165, 1.54) is 0 Å². The topological polar surface area (TPSA) is 82.2 Å². The maximum Gasteiger partial charge on any atom is 0.256 e. The number of amides is 3. The number of hydrogen-bond acceptors (Lipinski definition) is 5. The predicted octanol–water partition coefficient (Wildman–Crippen LogP) is 0.970. The van der Waals surface area contributed by atoms with Gasteiger partial charge in [0.15, 0.2) is 0 Å². The molecule has 1 saturated carbocycles. The van der Waals surface area contributed by atoms with Gasteiger partial charge < -0.3 is 19.9 Å².